The Bertz CT molecular complexity index is 624. The van der Waals surface area contributed by atoms with Crippen LogP contribution in [0.2, 0.25) is 0 Å². The minimum absolute atomic E-state index is 0.153. The molecule has 0 spiro atoms. The maximum Gasteiger partial charge on any atom is 0.273 e. The van der Waals surface area contributed by atoms with Crippen LogP contribution in [-0.2, 0) is 6.54 Å². The number of hydrogen-bond donors (Lipinski definition) is 2. The van der Waals surface area contributed by atoms with Crippen molar-refractivity contribution in [3.63, 3.8) is 0 Å². The third-order valence-electron chi connectivity index (χ3n) is 4.04. The van der Waals surface area contributed by atoms with Gasteiger partial charge in [0, 0.05) is 12.1 Å². The largest absolute Gasteiger partial charge is 0.346 e. The average Bonchev–Trinajstić information content (AvgIpc) is 2.99. The molecule has 116 valence electrons. The van der Waals surface area contributed by atoms with Gasteiger partial charge >= 0.3 is 0 Å². The Balaban J connectivity index is 1.61. The first-order valence-corrected chi connectivity index (χ1v) is 7.70. The third kappa shape index (κ3) is 3.51. The summed E-state index contributed by atoms with van der Waals surface area (Å²) in [7, 11) is 0. The molecule has 1 amide bonds. The molecule has 3 rings (SSSR count). The van der Waals surface area contributed by atoms with E-state index in [9.17, 15) is 4.79 Å². The van der Waals surface area contributed by atoms with Gasteiger partial charge in [-0.25, -0.2) is 4.68 Å². The second kappa shape index (κ2) is 6.70. The number of nitrogens with one attached hydrogen (secondary N) is 2. The van der Waals surface area contributed by atoms with Crippen molar-refractivity contribution in [3.8, 4) is 0 Å². The minimum Gasteiger partial charge on any atom is -0.346 e. The lowest BCUT2D eigenvalue weighted by Crippen LogP contribution is -2.51. The summed E-state index contributed by atoms with van der Waals surface area (Å²) in [6.07, 6.45) is 3.78. The molecule has 0 aliphatic carbocycles. The minimum atomic E-state index is -0.153. The van der Waals surface area contributed by atoms with Crippen molar-refractivity contribution >= 4 is 5.91 Å². The Morgan fingerprint density at radius 3 is 3.00 bits per heavy atom. The number of rotatable bonds is 4. The van der Waals surface area contributed by atoms with Crippen LogP contribution in [-0.4, -0.2) is 39.5 Å². The van der Waals surface area contributed by atoms with Crippen molar-refractivity contribution in [1.82, 2.24) is 25.6 Å². The van der Waals surface area contributed by atoms with E-state index < -0.39 is 0 Å². The number of carbonyl (C=O) groups is 1. The van der Waals surface area contributed by atoms with E-state index in [4.69, 9.17) is 0 Å². The predicted molar refractivity (Wildman–Crippen MR) is 83.5 cm³/mol. The van der Waals surface area contributed by atoms with Gasteiger partial charge < -0.3 is 10.6 Å². The molecule has 0 radical (unpaired) electrons. The van der Waals surface area contributed by atoms with E-state index in [2.05, 4.69) is 27.9 Å². The zero-order valence-corrected chi connectivity index (χ0v) is 12.7. The molecule has 6 heteroatoms. The summed E-state index contributed by atoms with van der Waals surface area (Å²) in [6.45, 7) is 3.72. The number of nitrogens with zero attached hydrogens (tertiary/aromatic N) is 3. The smallest absolute Gasteiger partial charge is 0.273 e. The molecule has 2 aromatic rings. The summed E-state index contributed by atoms with van der Waals surface area (Å²) >= 11 is 0. The van der Waals surface area contributed by atoms with Gasteiger partial charge in [-0.1, -0.05) is 35.5 Å². The SMILES string of the molecule is CC1NCCCC1NC(=O)c1cn(Cc2ccccc2)nn1. The Labute approximate surface area is 129 Å². The van der Waals surface area contributed by atoms with Crippen molar-refractivity contribution in [1.29, 1.82) is 0 Å². The lowest BCUT2D eigenvalue weighted by atomic mass is 10.00. The van der Waals surface area contributed by atoms with E-state index in [0.717, 1.165) is 24.9 Å². The molecule has 1 aliphatic heterocycles. The number of aromatic nitrogens is 3. The number of amides is 1. The van der Waals surface area contributed by atoms with Crippen LogP contribution in [0.1, 0.15) is 35.8 Å². The van der Waals surface area contributed by atoms with Gasteiger partial charge in [0.1, 0.15) is 0 Å². The van der Waals surface area contributed by atoms with Gasteiger partial charge in [-0.3, -0.25) is 4.79 Å². The van der Waals surface area contributed by atoms with Gasteiger partial charge in [0.2, 0.25) is 0 Å². The van der Waals surface area contributed by atoms with E-state index >= 15 is 0 Å². The topological polar surface area (TPSA) is 71.8 Å². The number of carbonyl (C=O) groups excluding carboxylic acids is 1. The summed E-state index contributed by atoms with van der Waals surface area (Å²) in [5, 5.41) is 14.4. The van der Waals surface area contributed by atoms with Crippen LogP contribution in [0.4, 0.5) is 0 Å². The Morgan fingerprint density at radius 2 is 2.23 bits per heavy atom. The molecule has 2 N–H and O–H groups in total. The first-order valence-electron chi connectivity index (χ1n) is 7.70. The molecular formula is C16H21N5O. The van der Waals surface area contributed by atoms with Crippen LogP contribution in [0.3, 0.4) is 0 Å². The van der Waals surface area contributed by atoms with E-state index in [1.807, 2.05) is 30.3 Å². The predicted octanol–water partition coefficient (Wildman–Crippen LogP) is 1.20. The fraction of sp³-hybridized carbons (Fsp3) is 0.438. The van der Waals surface area contributed by atoms with Gasteiger partial charge in [-0.05, 0) is 31.9 Å². The summed E-state index contributed by atoms with van der Waals surface area (Å²) < 4.78 is 1.69. The zero-order chi connectivity index (χ0) is 15.4. The van der Waals surface area contributed by atoms with Crippen molar-refractivity contribution < 1.29 is 4.79 Å². The van der Waals surface area contributed by atoms with Crippen LogP contribution in [0.5, 0.6) is 0 Å². The lowest BCUT2D eigenvalue weighted by molar-refractivity contribution is 0.0914. The maximum atomic E-state index is 12.3. The van der Waals surface area contributed by atoms with Gasteiger partial charge in [-0.2, -0.15) is 0 Å². The van der Waals surface area contributed by atoms with Crippen LogP contribution < -0.4 is 10.6 Å². The standard InChI is InChI=1S/C16H21N5O/c1-12-14(8-5-9-17-12)18-16(22)15-11-21(20-19-15)10-13-6-3-2-4-7-13/h2-4,6-7,11-12,14,17H,5,8-10H2,1H3,(H,18,22). The monoisotopic (exact) mass is 299 g/mol. The Morgan fingerprint density at radius 1 is 1.41 bits per heavy atom. The van der Waals surface area contributed by atoms with Crippen molar-refractivity contribution in [2.75, 3.05) is 6.54 Å². The normalized spacial score (nSPS) is 21.5. The highest BCUT2D eigenvalue weighted by Crippen LogP contribution is 2.09. The zero-order valence-electron chi connectivity index (χ0n) is 12.7. The molecule has 0 saturated carbocycles. The molecule has 2 unspecified atom stereocenters. The van der Waals surface area contributed by atoms with Crippen molar-refractivity contribution in [3.05, 3.63) is 47.8 Å². The number of piperidine rings is 1. The van der Waals surface area contributed by atoms with Crippen LogP contribution >= 0.6 is 0 Å². The van der Waals surface area contributed by atoms with Gasteiger partial charge in [0.25, 0.3) is 5.91 Å². The second-order valence-corrected chi connectivity index (χ2v) is 5.75. The van der Waals surface area contributed by atoms with E-state index in [1.54, 1.807) is 10.9 Å². The molecule has 1 aromatic heterocycles. The Hall–Kier alpha value is -2.21. The molecular weight excluding hydrogens is 278 g/mol. The Kier molecular flexibility index (Phi) is 4.48. The van der Waals surface area contributed by atoms with Gasteiger partial charge in [0.05, 0.1) is 12.7 Å². The summed E-state index contributed by atoms with van der Waals surface area (Å²) in [5.74, 6) is -0.153. The van der Waals surface area contributed by atoms with Crippen LogP contribution in [0, 0.1) is 0 Å². The lowest BCUT2D eigenvalue weighted by Gasteiger charge is -2.30. The molecule has 1 aliphatic rings. The highest BCUT2D eigenvalue weighted by atomic mass is 16.2. The molecule has 2 heterocycles. The van der Waals surface area contributed by atoms with Crippen molar-refractivity contribution in [2.24, 2.45) is 0 Å². The molecule has 1 saturated heterocycles. The van der Waals surface area contributed by atoms with E-state index in [-0.39, 0.29) is 18.0 Å². The molecule has 1 fully saturated rings. The highest BCUT2D eigenvalue weighted by Gasteiger charge is 2.23. The highest BCUT2D eigenvalue weighted by molar-refractivity contribution is 5.92. The average molecular weight is 299 g/mol. The molecule has 6 nitrogen and oxygen atoms in total. The van der Waals surface area contributed by atoms with Crippen LogP contribution in [0.15, 0.2) is 36.5 Å². The first-order chi connectivity index (χ1) is 10.7. The summed E-state index contributed by atoms with van der Waals surface area (Å²) in [6, 6.07) is 10.4. The molecule has 22 heavy (non-hydrogen) atoms. The maximum absolute atomic E-state index is 12.3. The van der Waals surface area contributed by atoms with E-state index in [0.29, 0.717) is 12.2 Å². The van der Waals surface area contributed by atoms with E-state index in [1.165, 1.54) is 0 Å². The molecule has 1 aromatic carbocycles. The van der Waals surface area contributed by atoms with Gasteiger partial charge in [0.15, 0.2) is 5.69 Å². The number of hydrogen-bond acceptors (Lipinski definition) is 4. The quantitative estimate of drug-likeness (QED) is 0.890. The summed E-state index contributed by atoms with van der Waals surface area (Å²) in [5.41, 5.74) is 1.50. The van der Waals surface area contributed by atoms with Gasteiger partial charge in [-0.15, -0.1) is 5.10 Å². The second-order valence-electron chi connectivity index (χ2n) is 5.75. The van der Waals surface area contributed by atoms with Crippen LogP contribution in [0.25, 0.3) is 0 Å². The van der Waals surface area contributed by atoms with Crippen molar-refractivity contribution in [2.45, 2.75) is 38.4 Å². The first kappa shape index (κ1) is 14.7. The fourth-order valence-electron chi connectivity index (χ4n) is 2.73. The summed E-state index contributed by atoms with van der Waals surface area (Å²) in [4.78, 5) is 12.3. The molecule has 2 atom stereocenters. The number of benzene rings is 1. The fourth-order valence-corrected chi connectivity index (χ4v) is 2.73. The molecule has 0 bridgehead atoms. The third-order valence-corrected chi connectivity index (χ3v) is 4.04.